The SMILES string of the molecule is O=C(O)c1ccc(C(F)(F)F)c(-c2ncccn2)c1. The van der Waals surface area contributed by atoms with Gasteiger partial charge in [0.15, 0.2) is 5.82 Å². The van der Waals surface area contributed by atoms with Crippen LogP contribution in [0.4, 0.5) is 13.2 Å². The third-order valence-corrected chi connectivity index (χ3v) is 2.38. The van der Waals surface area contributed by atoms with Crippen LogP contribution in [-0.2, 0) is 6.18 Å². The molecule has 4 nitrogen and oxygen atoms in total. The molecule has 0 spiro atoms. The van der Waals surface area contributed by atoms with E-state index < -0.39 is 17.7 Å². The molecule has 0 atom stereocenters. The normalized spacial score (nSPS) is 11.3. The van der Waals surface area contributed by atoms with Crippen LogP contribution in [0.3, 0.4) is 0 Å². The lowest BCUT2D eigenvalue weighted by Gasteiger charge is -2.12. The zero-order chi connectivity index (χ0) is 14.0. The smallest absolute Gasteiger partial charge is 0.417 e. The van der Waals surface area contributed by atoms with Crippen molar-refractivity contribution in [3.8, 4) is 11.4 Å². The van der Waals surface area contributed by atoms with Gasteiger partial charge in [0.25, 0.3) is 0 Å². The van der Waals surface area contributed by atoms with E-state index in [-0.39, 0.29) is 17.0 Å². The minimum Gasteiger partial charge on any atom is -0.478 e. The van der Waals surface area contributed by atoms with Gasteiger partial charge in [-0.1, -0.05) is 0 Å². The van der Waals surface area contributed by atoms with Crippen LogP contribution in [0.15, 0.2) is 36.7 Å². The molecule has 0 aliphatic heterocycles. The van der Waals surface area contributed by atoms with E-state index in [2.05, 4.69) is 9.97 Å². The standard InChI is InChI=1S/C12H7F3N2O2/c13-12(14,15)9-3-2-7(11(18)19)6-8(9)10-16-4-1-5-17-10/h1-6H,(H,18,19). The van der Waals surface area contributed by atoms with Crippen molar-refractivity contribution < 1.29 is 23.1 Å². The first-order valence-electron chi connectivity index (χ1n) is 5.11. The fourth-order valence-electron chi connectivity index (χ4n) is 1.55. The van der Waals surface area contributed by atoms with Gasteiger partial charge in [-0.2, -0.15) is 13.2 Å². The molecule has 0 aliphatic carbocycles. The number of hydrogen-bond acceptors (Lipinski definition) is 3. The molecule has 19 heavy (non-hydrogen) atoms. The molecule has 0 radical (unpaired) electrons. The van der Waals surface area contributed by atoms with Crippen molar-refractivity contribution >= 4 is 5.97 Å². The van der Waals surface area contributed by atoms with E-state index in [9.17, 15) is 18.0 Å². The molecule has 1 aromatic heterocycles. The van der Waals surface area contributed by atoms with E-state index >= 15 is 0 Å². The summed E-state index contributed by atoms with van der Waals surface area (Å²) in [5, 5.41) is 8.83. The molecule has 0 saturated carbocycles. The van der Waals surface area contributed by atoms with Crippen LogP contribution >= 0.6 is 0 Å². The Morgan fingerprint density at radius 3 is 2.32 bits per heavy atom. The summed E-state index contributed by atoms with van der Waals surface area (Å²) in [6.45, 7) is 0. The molecule has 7 heteroatoms. The summed E-state index contributed by atoms with van der Waals surface area (Å²) in [6, 6.07) is 3.99. The number of aromatic carboxylic acids is 1. The summed E-state index contributed by atoms with van der Waals surface area (Å²) in [4.78, 5) is 18.3. The predicted octanol–water partition coefficient (Wildman–Crippen LogP) is 2.86. The number of carboxylic acid groups (broad SMARTS) is 1. The second-order valence-corrected chi connectivity index (χ2v) is 3.64. The summed E-state index contributed by atoms with van der Waals surface area (Å²) in [5.41, 5.74) is -1.58. The van der Waals surface area contributed by atoms with Crippen LogP contribution in [0.25, 0.3) is 11.4 Å². The van der Waals surface area contributed by atoms with Crippen molar-refractivity contribution in [3.63, 3.8) is 0 Å². The van der Waals surface area contributed by atoms with Crippen molar-refractivity contribution in [3.05, 3.63) is 47.8 Å². The van der Waals surface area contributed by atoms with E-state index in [1.165, 1.54) is 18.5 Å². The molecule has 0 saturated heterocycles. The maximum absolute atomic E-state index is 12.9. The maximum atomic E-state index is 12.9. The number of rotatable bonds is 2. The summed E-state index contributed by atoms with van der Waals surface area (Å²) >= 11 is 0. The first kappa shape index (κ1) is 13.0. The lowest BCUT2D eigenvalue weighted by atomic mass is 10.0. The predicted molar refractivity (Wildman–Crippen MR) is 59.4 cm³/mol. The lowest BCUT2D eigenvalue weighted by Crippen LogP contribution is -2.09. The third kappa shape index (κ3) is 2.70. The fraction of sp³-hybridized carbons (Fsp3) is 0.0833. The molecule has 1 aromatic carbocycles. The van der Waals surface area contributed by atoms with Gasteiger partial charge in [-0.25, -0.2) is 14.8 Å². The van der Waals surface area contributed by atoms with Crippen molar-refractivity contribution in [2.24, 2.45) is 0 Å². The van der Waals surface area contributed by atoms with Gasteiger partial charge < -0.3 is 5.11 Å². The van der Waals surface area contributed by atoms with Crippen LogP contribution < -0.4 is 0 Å². The Hall–Kier alpha value is -2.44. The summed E-state index contributed by atoms with van der Waals surface area (Å²) in [5.74, 6) is -1.48. The minimum atomic E-state index is -4.61. The van der Waals surface area contributed by atoms with Crippen LogP contribution in [0.1, 0.15) is 15.9 Å². The largest absolute Gasteiger partial charge is 0.478 e. The Morgan fingerprint density at radius 2 is 1.79 bits per heavy atom. The van der Waals surface area contributed by atoms with Gasteiger partial charge in [0, 0.05) is 18.0 Å². The molecule has 1 N–H and O–H groups in total. The highest BCUT2D eigenvalue weighted by atomic mass is 19.4. The van der Waals surface area contributed by atoms with E-state index in [0.29, 0.717) is 0 Å². The Morgan fingerprint density at radius 1 is 1.16 bits per heavy atom. The van der Waals surface area contributed by atoms with Crippen LogP contribution in [0, 0.1) is 0 Å². The third-order valence-electron chi connectivity index (χ3n) is 2.38. The topological polar surface area (TPSA) is 63.1 Å². The quantitative estimate of drug-likeness (QED) is 0.909. The monoisotopic (exact) mass is 268 g/mol. The van der Waals surface area contributed by atoms with Gasteiger partial charge in [-0.3, -0.25) is 0 Å². The van der Waals surface area contributed by atoms with Crippen LogP contribution in [0.2, 0.25) is 0 Å². The van der Waals surface area contributed by atoms with E-state index in [1.807, 2.05) is 0 Å². The number of benzene rings is 1. The van der Waals surface area contributed by atoms with Gasteiger partial charge in [0.1, 0.15) is 0 Å². The fourth-order valence-corrected chi connectivity index (χ4v) is 1.55. The van der Waals surface area contributed by atoms with Crippen molar-refractivity contribution in [1.29, 1.82) is 0 Å². The first-order chi connectivity index (χ1) is 8.89. The van der Waals surface area contributed by atoms with Gasteiger partial charge in [0.2, 0.25) is 0 Å². The van der Waals surface area contributed by atoms with Crippen molar-refractivity contribution in [2.75, 3.05) is 0 Å². The highest BCUT2D eigenvalue weighted by Crippen LogP contribution is 2.36. The molecule has 0 aliphatic rings. The zero-order valence-electron chi connectivity index (χ0n) is 9.35. The van der Waals surface area contributed by atoms with Crippen LogP contribution in [-0.4, -0.2) is 21.0 Å². The van der Waals surface area contributed by atoms with E-state index in [4.69, 9.17) is 5.11 Å². The highest BCUT2D eigenvalue weighted by molar-refractivity contribution is 5.89. The first-order valence-corrected chi connectivity index (χ1v) is 5.11. The molecule has 0 amide bonds. The van der Waals surface area contributed by atoms with Gasteiger partial charge in [-0.05, 0) is 24.3 Å². The summed E-state index contributed by atoms with van der Waals surface area (Å²) in [6.07, 6.45) is -2.03. The molecule has 98 valence electrons. The Labute approximate surface area is 105 Å². The molecule has 2 rings (SSSR count). The lowest BCUT2D eigenvalue weighted by molar-refractivity contribution is -0.137. The molecule has 0 fully saturated rings. The number of aromatic nitrogens is 2. The van der Waals surface area contributed by atoms with Crippen molar-refractivity contribution in [2.45, 2.75) is 6.18 Å². The average molecular weight is 268 g/mol. The van der Waals surface area contributed by atoms with Gasteiger partial charge in [0.05, 0.1) is 11.1 Å². The highest BCUT2D eigenvalue weighted by Gasteiger charge is 2.34. The van der Waals surface area contributed by atoms with Gasteiger partial charge in [-0.15, -0.1) is 0 Å². The number of carbonyl (C=O) groups is 1. The number of carboxylic acids is 1. The summed E-state index contributed by atoms with van der Waals surface area (Å²) < 4.78 is 38.6. The molecule has 0 unspecified atom stereocenters. The average Bonchev–Trinajstić information content (AvgIpc) is 2.38. The maximum Gasteiger partial charge on any atom is 0.417 e. The number of alkyl halides is 3. The zero-order valence-corrected chi connectivity index (χ0v) is 9.35. The number of nitrogens with zero attached hydrogens (tertiary/aromatic N) is 2. The molecule has 1 heterocycles. The number of halogens is 3. The molecule has 0 bridgehead atoms. The Kier molecular flexibility index (Phi) is 3.20. The second kappa shape index (κ2) is 4.68. The molecular formula is C12H7F3N2O2. The minimum absolute atomic E-state index is 0.169. The van der Waals surface area contributed by atoms with E-state index in [0.717, 1.165) is 18.2 Å². The van der Waals surface area contributed by atoms with Crippen molar-refractivity contribution in [1.82, 2.24) is 9.97 Å². The second-order valence-electron chi connectivity index (χ2n) is 3.64. The number of hydrogen-bond donors (Lipinski definition) is 1. The molecule has 2 aromatic rings. The molecular weight excluding hydrogens is 261 g/mol. The Bertz CT molecular complexity index is 612. The van der Waals surface area contributed by atoms with Gasteiger partial charge >= 0.3 is 12.1 Å². The Balaban J connectivity index is 2.67. The van der Waals surface area contributed by atoms with Crippen LogP contribution in [0.5, 0.6) is 0 Å². The van der Waals surface area contributed by atoms with E-state index in [1.54, 1.807) is 0 Å². The summed E-state index contributed by atoms with van der Waals surface area (Å²) in [7, 11) is 0.